The molecule has 0 heterocycles. The van der Waals surface area contributed by atoms with Crippen LogP contribution in [0, 0.1) is 5.82 Å². The van der Waals surface area contributed by atoms with Crippen LogP contribution in [0.1, 0.15) is 6.92 Å². The van der Waals surface area contributed by atoms with E-state index in [0.717, 1.165) is 0 Å². The van der Waals surface area contributed by atoms with E-state index < -0.39 is 27.8 Å². The number of nitrogens with one attached hydrogen (secondary N) is 1. The summed E-state index contributed by atoms with van der Waals surface area (Å²) in [5, 5.41) is 10.3. The Hall–Kier alpha value is -1.27. The minimum Gasteiger partial charge on any atom is -0.395 e. The number of aliphatic hydroxyl groups excluding tert-OH is 1. The molecule has 0 saturated carbocycles. The highest BCUT2D eigenvalue weighted by molar-refractivity contribution is 7.86. The average molecular weight is 259 g/mol. The Labute approximate surface area is 101 Å². The summed E-state index contributed by atoms with van der Waals surface area (Å²) < 4.78 is 24.3. The normalized spacial score (nSPS) is 14.1. The van der Waals surface area contributed by atoms with Crippen molar-refractivity contribution < 1.29 is 18.5 Å². The first kappa shape index (κ1) is 13.8. The number of benzene rings is 1. The van der Waals surface area contributed by atoms with E-state index in [-0.39, 0.29) is 12.4 Å². The Bertz CT molecular complexity index is 425. The summed E-state index contributed by atoms with van der Waals surface area (Å²) in [5.74, 6) is -0.855. The molecule has 0 aliphatic heterocycles. The number of carbonyl (C=O) groups excluding carboxylic acids is 1. The lowest BCUT2D eigenvalue weighted by Crippen LogP contribution is -2.30. The molecule has 0 bridgehead atoms. The molecule has 0 fully saturated rings. The van der Waals surface area contributed by atoms with Gasteiger partial charge in [-0.15, -0.1) is 0 Å². The van der Waals surface area contributed by atoms with Crippen LogP contribution < -0.4 is 5.32 Å². The Morgan fingerprint density at radius 3 is 2.88 bits per heavy atom. The number of halogens is 1. The number of aliphatic hydroxyl groups is 1. The van der Waals surface area contributed by atoms with Crippen molar-refractivity contribution in [2.45, 2.75) is 12.2 Å². The second kappa shape index (κ2) is 6.46. The van der Waals surface area contributed by atoms with E-state index in [9.17, 15) is 13.4 Å². The first-order chi connectivity index (χ1) is 8.04. The van der Waals surface area contributed by atoms with Crippen molar-refractivity contribution >= 4 is 22.4 Å². The number of rotatable bonds is 5. The van der Waals surface area contributed by atoms with Gasteiger partial charge in [-0.25, -0.2) is 4.39 Å². The van der Waals surface area contributed by atoms with Gasteiger partial charge in [-0.2, -0.15) is 0 Å². The van der Waals surface area contributed by atoms with Crippen LogP contribution in [0.2, 0.25) is 0 Å². The highest BCUT2D eigenvalue weighted by Gasteiger charge is 2.19. The number of hydrogen-bond acceptors (Lipinski definition) is 3. The number of carbonyl (C=O) groups is 1. The van der Waals surface area contributed by atoms with Crippen LogP contribution >= 0.6 is 0 Å². The Balaban J connectivity index is 2.63. The highest BCUT2D eigenvalue weighted by atomic mass is 32.2. The molecule has 6 heteroatoms. The fourth-order valence-corrected chi connectivity index (χ4v) is 2.03. The molecule has 0 radical (unpaired) electrons. The predicted molar refractivity (Wildman–Crippen MR) is 64.6 cm³/mol. The van der Waals surface area contributed by atoms with Gasteiger partial charge < -0.3 is 10.4 Å². The van der Waals surface area contributed by atoms with Crippen molar-refractivity contribution in [2.75, 3.05) is 17.7 Å². The van der Waals surface area contributed by atoms with Crippen molar-refractivity contribution in [2.24, 2.45) is 0 Å². The van der Waals surface area contributed by atoms with Gasteiger partial charge in [-0.1, -0.05) is 6.07 Å². The fourth-order valence-electron chi connectivity index (χ4n) is 1.20. The summed E-state index contributed by atoms with van der Waals surface area (Å²) in [6.07, 6.45) is 0. The van der Waals surface area contributed by atoms with Gasteiger partial charge in [0.15, 0.2) is 0 Å². The monoisotopic (exact) mass is 259 g/mol. The van der Waals surface area contributed by atoms with E-state index in [1.54, 1.807) is 6.07 Å². The molecule has 1 aromatic rings. The molecule has 1 amide bonds. The molecule has 0 spiro atoms. The second-order valence-corrected chi connectivity index (χ2v) is 5.33. The summed E-state index contributed by atoms with van der Waals surface area (Å²) in [5.41, 5.74) is 0.322. The minimum atomic E-state index is -1.43. The molecule has 0 saturated heterocycles. The molecule has 0 aliphatic carbocycles. The Morgan fingerprint density at radius 1 is 1.59 bits per heavy atom. The summed E-state index contributed by atoms with van der Waals surface area (Å²) in [6.45, 7) is 1.27. The summed E-state index contributed by atoms with van der Waals surface area (Å²) in [4.78, 5) is 11.6. The molecule has 17 heavy (non-hydrogen) atoms. The molecular formula is C11H14FNO3S. The number of amides is 1. The van der Waals surface area contributed by atoms with E-state index in [0.29, 0.717) is 5.69 Å². The summed E-state index contributed by atoms with van der Waals surface area (Å²) in [6, 6.07) is 5.46. The third-order valence-corrected chi connectivity index (χ3v) is 3.74. The topological polar surface area (TPSA) is 66.4 Å². The van der Waals surface area contributed by atoms with Crippen LogP contribution in [0.15, 0.2) is 24.3 Å². The quantitative estimate of drug-likeness (QED) is 0.825. The third-order valence-electron chi connectivity index (χ3n) is 2.15. The van der Waals surface area contributed by atoms with Gasteiger partial charge >= 0.3 is 0 Å². The van der Waals surface area contributed by atoms with Crippen molar-refractivity contribution in [3.8, 4) is 0 Å². The molecule has 0 unspecified atom stereocenters. The molecule has 1 rings (SSSR count). The van der Waals surface area contributed by atoms with E-state index >= 15 is 0 Å². The standard InChI is InChI=1S/C11H14FNO3S/c1-8(17(16)6-5-14)11(15)13-10-4-2-3-9(12)7-10/h2-4,7-8,14H,5-6H2,1H3,(H,13,15)/t8-,17+/m0/s1. The molecule has 94 valence electrons. The zero-order chi connectivity index (χ0) is 12.8. The van der Waals surface area contributed by atoms with Crippen molar-refractivity contribution in [3.63, 3.8) is 0 Å². The predicted octanol–water partition coefficient (Wildman–Crippen LogP) is 0.894. The largest absolute Gasteiger partial charge is 0.395 e. The van der Waals surface area contributed by atoms with Gasteiger partial charge in [-0.05, 0) is 25.1 Å². The maximum absolute atomic E-state index is 12.9. The minimum absolute atomic E-state index is 0.0533. The van der Waals surface area contributed by atoms with Crippen LogP contribution in [0.3, 0.4) is 0 Å². The highest BCUT2D eigenvalue weighted by Crippen LogP contribution is 2.10. The maximum atomic E-state index is 12.9. The van der Waals surface area contributed by atoms with Crippen LogP contribution in [-0.2, 0) is 15.6 Å². The van der Waals surface area contributed by atoms with E-state index in [2.05, 4.69) is 5.32 Å². The van der Waals surface area contributed by atoms with Crippen molar-refractivity contribution in [1.29, 1.82) is 0 Å². The lowest BCUT2D eigenvalue weighted by molar-refractivity contribution is -0.115. The number of anilines is 1. The zero-order valence-corrected chi connectivity index (χ0v) is 10.2. The van der Waals surface area contributed by atoms with Gasteiger partial charge in [-0.3, -0.25) is 9.00 Å². The van der Waals surface area contributed by atoms with Gasteiger partial charge in [0, 0.05) is 22.2 Å². The van der Waals surface area contributed by atoms with Crippen LogP contribution in [0.4, 0.5) is 10.1 Å². The molecule has 2 N–H and O–H groups in total. The summed E-state index contributed by atoms with van der Waals surface area (Å²) >= 11 is 0. The van der Waals surface area contributed by atoms with Crippen molar-refractivity contribution in [3.05, 3.63) is 30.1 Å². The molecule has 4 nitrogen and oxygen atoms in total. The molecule has 1 aromatic carbocycles. The van der Waals surface area contributed by atoms with Crippen LogP contribution in [-0.4, -0.2) is 32.8 Å². The average Bonchev–Trinajstić information content (AvgIpc) is 2.28. The smallest absolute Gasteiger partial charge is 0.239 e. The van der Waals surface area contributed by atoms with Crippen LogP contribution in [0.5, 0.6) is 0 Å². The van der Waals surface area contributed by atoms with Crippen LogP contribution in [0.25, 0.3) is 0 Å². The van der Waals surface area contributed by atoms with Crippen molar-refractivity contribution in [1.82, 2.24) is 0 Å². The lowest BCUT2D eigenvalue weighted by Gasteiger charge is -2.11. The number of hydrogen-bond donors (Lipinski definition) is 2. The first-order valence-electron chi connectivity index (χ1n) is 5.09. The Kier molecular flexibility index (Phi) is 5.24. The van der Waals surface area contributed by atoms with Gasteiger partial charge in [0.25, 0.3) is 0 Å². The van der Waals surface area contributed by atoms with Gasteiger partial charge in [0.1, 0.15) is 11.1 Å². The van der Waals surface area contributed by atoms with E-state index in [1.807, 2.05) is 0 Å². The van der Waals surface area contributed by atoms with Gasteiger partial charge in [0.05, 0.1) is 6.61 Å². The third kappa shape index (κ3) is 4.24. The summed E-state index contributed by atoms with van der Waals surface area (Å²) in [7, 11) is -1.43. The van der Waals surface area contributed by atoms with E-state index in [4.69, 9.17) is 5.11 Å². The SMILES string of the molecule is C[C@@H](C(=O)Nc1cccc(F)c1)[S@](=O)CCO. The molecular weight excluding hydrogens is 245 g/mol. The lowest BCUT2D eigenvalue weighted by atomic mass is 10.3. The first-order valence-corrected chi connectivity index (χ1v) is 6.47. The molecule has 2 atom stereocenters. The van der Waals surface area contributed by atoms with Gasteiger partial charge in [0.2, 0.25) is 5.91 Å². The molecule has 0 aromatic heterocycles. The molecule has 0 aliphatic rings. The maximum Gasteiger partial charge on any atom is 0.239 e. The Morgan fingerprint density at radius 2 is 2.29 bits per heavy atom. The fraction of sp³-hybridized carbons (Fsp3) is 0.364. The zero-order valence-electron chi connectivity index (χ0n) is 9.35. The van der Waals surface area contributed by atoms with E-state index in [1.165, 1.54) is 25.1 Å². The second-order valence-electron chi connectivity index (χ2n) is 3.45.